The topological polar surface area (TPSA) is 91.8 Å². The average Bonchev–Trinajstić information content (AvgIpc) is 3.06. The van der Waals surface area contributed by atoms with Crippen molar-refractivity contribution < 1.29 is 17.9 Å². The number of sulfonamides is 1. The highest BCUT2D eigenvalue weighted by Crippen LogP contribution is 2.31. The van der Waals surface area contributed by atoms with Gasteiger partial charge in [-0.05, 0) is 47.9 Å². The molecule has 1 N–H and O–H groups in total. The van der Waals surface area contributed by atoms with Crippen LogP contribution in [0.25, 0.3) is 10.9 Å². The zero-order chi connectivity index (χ0) is 22.0. The lowest BCUT2D eigenvalue weighted by Crippen LogP contribution is -2.44. The summed E-state index contributed by atoms with van der Waals surface area (Å²) in [5, 5.41) is 2.14. The average molecular weight is 441 g/mol. The second-order valence-corrected chi connectivity index (χ2v) is 9.25. The van der Waals surface area contributed by atoms with Crippen molar-refractivity contribution in [2.75, 3.05) is 26.5 Å². The molecule has 4 rings (SSSR count). The Bertz CT molecular complexity index is 1200. The van der Waals surface area contributed by atoms with Gasteiger partial charge in [-0.1, -0.05) is 24.3 Å². The number of urea groups is 1. The first-order valence-electron chi connectivity index (χ1n) is 9.87. The molecular weight excluding hydrogens is 416 g/mol. The molecule has 1 fully saturated rings. The van der Waals surface area contributed by atoms with Crippen LogP contribution in [0.3, 0.4) is 0 Å². The summed E-state index contributed by atoms with van der Waals surface area (Å²) in [7, 11) is -1.96. The standard InChI is InChI=1S/C22H24N4O4S/c1-30-19-8-5-16(6-9-19)11-13-25-21(15-26(22(25)27)24-31(2,28)29)18-7-10-20-17(14-18)4-3-12-23-20/h3-10,12,14,21,24H,11,13,15H2,1-2H3. The highest BCUT2D eigenvalue weighted by atomic mass is 32.2. The first-order valence-corrected chi connectivity index (χ1v) is 11.8. The molecule has 0 spiro atoms. The lowest BCUT2D eigenvalue weighted by Gasteiger charge is -2.23. The Morgan fingerprint density at radius 2 is 1.94 bits per heavy atom. The summed E-state index contributed by atoms with van der Waals surface area (Å²) >= 11 is 0. The number of nitrogens with one attached hydrogen (secondary N) is 1. The van der Waals surface area contributed by atoms with Crippen molar-refractivity contribution in [3.8, 4) is 5.75 Å². The van der Waals surface area contributed by atoms with E-state index < -0.39 is 10.0 Å². The van der Waals surface area contributed by atoms with Gasteiger partial charge in [0.25, 0.3) is 0 Å². The number of hydrogen-bond acceptors (Lipinski definition) is 5. The summed E-state index contributed by atoms with van der Waals surface area (Å²) in [6, 6.07) is 16.7. The van der Waals surface area contributed by atoms with Gasteiger partial charge in [-0.3, -0.25) is 4.98 Å². The van der Waals surface area contributed by atoms with E-state index in [4.69, 9.17) is 4.74 Å². The van der Waals surface area contributed by atoms with Gasteiger partial charge >= 0.3 is 6.03 Å². The summed E-state index contributed by atoms with van der Waals surface area (Å²) in [5.74, 6) is 0.771. The number of hydrazine groups is 1. The Morgan fingerprint density at radius 1 is 1.16 bits per heavy atom. The molecule has 9 heteroatoms. The maximum Gasteiger partial charge on any atom is 0.335 e. The summed E-state index contributed by atoms with van der Waals surface area (Å²) < 4.78 is 28.7. The fourth-order valence-corrected chi connectivity index (χ4v) is 4.35. The van der Waals surface area contributed by atoms with Gasteiger partial charge in [0.05, 0.1) is 31.5 Å². The summed E-state index contributed by atoms with van der Waals surface area (Å²) in [6.45, 7) is 0.670. The van der Waals surface area contributed by atoms with Crippen molar-refractivity contribution >= 4 is 27.0 Å². The predicted octanol–water partition coefficient (Wildman–Crippen LogP) is 2.73. The minimum atomic E-state index is -3.57. The Hall–Kier alpha value is -3.17. The zero-order valence-corrected chi connectivity index (χ0v) is 18.2. The molecule has 1 atom stereocenters. The molecule has 1 aliphatic rings. The molecule has 31 heavy (non-hydrogen) atoms. The Kier molecular flexibility index (Phi) is 5.79. The fourth-order valence-electron chi connectivity index (χ4n) is 3.79. The van der Waals surface area contributed by atoms with Crippen LogP contribution in [0.4, 0.5) is 4.79 Å². The minimum absolute atomic E-state index is 0.223. The van der Waals surface area contributed by atoms with Crippen molar-refractivity contribution in [1.29, 1.82) is 0 Å². The number of hydrogen-bond donors (Lipinski definition) is 1. The van der Waals surface area contributed by atoms with Crippen LogP contribution in [0, 0.1) is 0 Å². The molecule has 0 radical (unpaired) electrons. The smallest absolute Gasteiger partial charge is 0.335 e. The zero-order valence-electron chi connectivity index (χ0n) is 17.4. The van der Waals surface area contributed by atoms with E-state index in [9.17, 15) is 13.2 Å². The quantitative estimate of drug-likeness (QED) is 0.610. The van der Waals surface area contributed by atoms with Gasteiger partial charge in [0.15, 0.2) is 0 Å². The van der Waals surface area contributed by atoms with E-state index in [0.29, 0.717) is 13.0 Å². The Balaban J connectivity index is 1.61. The van der Waals surface area contributed by atoms with Gasteiger partial charge in [-0.2, -0.15) is 0 Å². The monoisotopic (exact) mass is 440 g/mol. The molecule has 1 aliphatic heterocycles. The Morgan fingerprint density at radius 3 is 2.65 bits per heavy atom. The van der Waals surface area contributed by atoms with Crippen LogP contribution in [0.15, 0.2) is 60.8 Å². The van der Waals surface area contributed by atoms with E-state index in [2.05, 4.69) is 9.82 Å². The maximum absolute atomic E-state index is 13.0. The van der Waals surface area contributed by atoms with E-state index in [1.165, 1.54) is 5.01 Å². The number of carbonyl (C=O) groups is 1. The number of rotatable bonds is 7. The van der Waals surface area contributed by atoms with Crippen molar-refractivity contribution in [3.63, 3.8) is 0 Å². The van der Waals surface area contributed by atoms with Crippen LogP contribution >= 0.6 is 0 Å². The number of benzene rings is 2. The van der Waals surface area contributed by atoms with Crippen LogP contribution in [-0.2, 0) is 16.4 Å². The van der Waals surface area contributed by atoms with Gasteiger partial charge in [-0.15, -0.1) is 4.83 Å². The number of pyridine rings is 1. The number of nitrogens with zero attached hydrogens (tertiary/aromatic N) is 3. The molecule has 0 aliphatic carbocycles. The second-order valence-electron chi connectivity index (χ2n) is 7.52. The van der Waals surface area contributed by atoms with Gasteiger partial charge in [0.2, 0.25) is 10.0 Å². The summed E-state index contributed by atoms with van der Waals surface area (Å²) in [6.07, 6.45) is 3.41. The maximum atomic E-state index is 13.0. The Labute approximate surface area is 181 Å². The van der Waals surface area contributed by atoms with Gasteiger partial charge in [0.1, 0.15) is 5.75 Å². The predicted molar refractivity (Wildman–Crippen MR) is 118 cm³/mol. The second kappa shape index (κ2) is 8.52. The van der Waals surface area contributed by atoms with Crippen LogP contribution in [0.1, 0.15) is 17.2 Å². The van der Waals surface area contributed by atoms with Gasteiger partial charge < -0.3 is 9.64 Å². The highest BCUT2D eigenvalue weighted by molar-refractivity contribution is 7.88. The van der Waals surface area contributed by atoms with E-state index in [1.807, 2.05) is 54.6 Å². The van der Waals surface area contributed by atoms with E-state index >= 15 is 0 Å². The third-order valence-electron chi connectivity index (χ3n) is 5.30. The summed E-state index contributed by atoms with van der Waals surface area (Å²) in [5.41, 5.74) is 2.86. The van der Waals surface area contributed by atoms with Crippen molar-refractivity contribution in [2.24, 2.45) is 0 Å². The number of aromatic nitrogens is 1. The van der Waals surface area contributed by atoms with Crippen LogP contribution in [0.5, 0.6) is 5.75 Å². The van der Waals surface area contributed by atoms with Crippen molar-refractivity contribution in [1.82, 2.24) is 19.7 Å². The van der Waals surface area contributed by atoms with Gasteiger partial charge in [-0.25, -0.2) is 18.2 Å². The molecule has 8 nitrogen and oxygen atoms in total. The molecule has 0 saturated carbocycles. The van der Waals surface area contributed by atoms with Crippen LogP contribution < -0.4 is 9.57 Å². The normalized spacial score (nSPS) is 16.8. The third kappa shape index (κ3) is 4.78. The molecule has 1 unspecified atom stereocenters. The van der Waals surface area contributed by atoms with E-state index in [0.717, 1.165) is 34.0 Å². The molecule has 0 bridgehead atoms. The van der Waals surface area contributed by atoms with Crippen molar-refractivity contribution in [2.45, 2.75) is 12.5 Å². The summed E-state index contributed by atoms with van der Waals surface area (Å²) in [4.78, 5) is 21.4. The number of ether oxygens (including phenoxy) is 1. The molecule has 162 valence electrons. The molecule has 2 aromatic carbocycles. The van der Waals surface area contributed by atoms with Crippen LogP contribution in [-0.4, -0.2) is 55.8 Å². The number of amides is 2. The third-order valence-corrected chi connectivity index (χ3v) is 5.85. The van der Waals surface area contributed by atoms with Crippen molar-refractivity contribution in [3.05, 3.63) is 71.9 Å². The number of fused-ring (bicyclic) bond motifs is 1. The lowest BCUT2D eigenvalue weighted by molar-refractivity contribution is 0.182. The first-order chi connectivity index (χ1) is 14.8. The SMILES string of the molecule is COc1ccc(CCN2C(=O)N(NS(C)(=O)=O)CC2c2ccc3ncccc3c2)cc1. The molecule has 2 amide bonds. The van der Waals surface area contributed by atoms with Gasteiger partial charge in [0, 0.05) is 18.1 Å². The lowest BCUT2D eigenvalue weighted by atomic mass is 10.0. The van der Waals surface area contributed by atoms with E-state index in [-0.39, 0.29) is 18.6 Å². The molecule has 1 aromatic heterocycles. The number of carbonyl (C=O) groups excluding carboxylic acids is 1. The minimum Gasteiger partial charge on any atom is -0.497 e. The largest absolute Gasteiger partial charge is 0.497 e. The fraction of sp³-hybridized carbons (Fsp3) is 0.273. The molecule has 3 aromatic rings. The first kappa shape index (κ1) is 21.1. The number of methoxy groups -OCH3 is 1. The molecular formula is C22H24N4O4S. The molecule has 1 saturated heterocycles. The molecule has 2 heterocycles. The van der Waals surface area contributed by atoms with E-state index in [1.54, 1.807) is 18.2 Å². The highest BCUT2D eigenvalue weighted by Gasteiger charge is 2.39. The van der Waals surface area contributed by atoms with Crippen LogP contribution in [0.2, 0.25) is 0 Å².